The van der Waals surface area contributed by atoms with Crippen LogP contribution in [0.5, 0.6) is 0 Å². The van der Waals surface area contributed by atoms with Gasteiger partial charge in [-0.05, 0) is 31.4 Å². The average molecular weight is 263 g/mol. The molecule has 1 aromatic heterocycles. The van der Waals surface area contributed by atoms with Crippen molar-refractivity contribution in [2.24, 2.45) is 0 Å². The van der Waals surface area contributed by atoms with Crippen LogP contribution in [0.25, 0.3) is 0 Å². The molecule has 98 valence electrons. The zero-order chi connectivity index (χ0) is 13.6. The minimum Gasteiger partial charge on any atom is -0.478 e. The number of hydrogen-bond acceptors (Lipinski definition) is 2. The number of pyridine rings is 1. The van der Waals surface area contributed by atoms with Gasteiger partial charge in [0.2, 0.25) is 0 Å². The number of alkyl halides is 4. The highest BCUT2D eigenvalue weighted by Crippen LogP contribution is 2.46. The standard InChI is InChI=1S/C11H9F4NO2/c12-10(4-1-5-10)8-6(9(17)18)2-3-7(16-8)11(13,14)15/h2-3H,1,4-5H2,(H,17,18). The highest BCUT2D eigenvalue weighted by molar-refractivity contribution is 5.89. The van der Waals surface area contributed by atoms with E-state index in [9.17, 15) is 22.4 Å². The number of carboxylic acid groups (broad SMARTS) is 1. The summed E-state index contributed by atoms with van der Waals surface area (Å²) < 4.78 is 51.6. The van der Waals surface area contributed by atoms with Gasteiger partial charge in [0, 0.05) is 0 Å². The van der Waals surface area contributed by atoms with Crippen molar-refractivity contribution in [2.45, 2.75) is 31.1 Å². The normalized spacial score (nSPS) is 18.2. The van der Waals surface area contributed by atoms with E-state index >= 15 is 0 Å². The topological polar surface area (TPSA) is 50.2 Å². The van der Waals surface area contributed by atoms with Crippen LogP contribution in [0.2, 0.25) is 0 Å². The van der Waals surface area contributed by atoms with Crippen molar-refractivity contribution < 1.29 is 27.5 Å². The first-order valence-corrected chi connectivity index (χ1v) is 5.25. The minimum atomic E-state index is -4.72. The van der Waals surface area contributed by atoms with Gasteiger partial charge in [-0.15, -0.1) is 0 Å². The molecular weight excluding hydrogens is 254 g/mol. The lowest BCUT2D eigenvalue weighted by Crippen LogP contribution is -2.33. The lowest BCUT2D eigenvalue weighted by Gasteiger charge is -2.34. The number of nitrogens with zero attached hydrogens (tertiary/aromatic N) is 1. The zero-order valence-electron chi connectivity index (χ0n) is 9.09. The van der Waals surface area contributed by atoms with Crippen molar-refractivity contribution >= 4 is 5.97 Å². The Bertz CT molecular complexity index is 494. The Hall–Kier alpha value is -1.66. The Morgan fingerprint density at radius 1 is 1.33 bits per heavy atom. The van der Waals surface area contributed by atoms with Crippen LogP contribution in [0.1, 0.15) is 41.0 Å². The number of aromatic nitrogens is 1. The number of rotatable bonds is 2. The van der Waals surface area contributed by atoms with Crippen LogP contribution in [0.3, 0.4) is 0 Å². The van der Waals surface area contributed by atoms with E-state index < -0.39 is 34.8 Å². The van der Waals surface area contributed by atoms with Crippen LogP contribution in [0, 0.1) is 0 Å². The molecule has 2 rings (SSSR count). The van der Waals surface area contributed by atoms with Crippen molar-refractivity contribution in [3.8, 4) is 0 Å². The number of carbonyl (C=O) groups is 1. The van der Waals surface area contributed by atoms with Gasteiger partial charge in [-0.25, -0.2) is 14.2 Å². The van der Waals surface area contributed by atoms with Crippen LogP contribution in [-0.4, -0.2) is 16.1 Å². The summed E-state index contributed by atoms with van der Waals surface area (Å²) in [6.45, 7) is 0. The van der Waals surface area contributed by atoms with E-state index in [0.717, 1.165) is 6.07 Å². The molecule has 0 aliphatic heterocycles. The Labute approximate surface area is 99.5 Å². The van der Waals surface area contributed by atoms with E-state index in [0.29, 0.717) is 12.5 Å². The molecule has 1 saturated carbocycles. The minimum absolute atomic E-state index is 0.00158. The van der Waals surface area contributed by atoms with Crippen LogP contribution in [0.4, 0.5) is 17.6 Å². The lowest BCUT2D eigenvalue weighted by atomic mass is 9.77. The second-order valence-electron chi connectivity index (χ2n) is 4.21. The van der Waals surface area contributed by atoms with Crippen molar-refractivity contribution in [1.29, 1.82) is 0 Å². The maximum atomic E-state index is 14.1. The Balaban J connectivity index is 2.55. The number of carboxylic acids is 1. The van der Waals surface area contributed by atoms with Crippen molar-refractivity contribution in [3.05, 3.63) is 29.1 Å². The van der Waals surface area contributed by atoms with Gasteiger partial charge in [-0.1, -0.05) is 0 Å². The predicted octanol–water partition coefficient (Wildman–Crippen LogP) is 3.15. The molecule has 1 heterocycles. The molecule has 0 unspecified atom stereocenters. The van der Waals surface area contributed by atoms with Crippen molar-refractivity contribution in [1.82, 2.24) is 4.98 Å². The van der Waals surface area contributed by atoms with Gasteiger partial charge in [-0.3, -0.25) is 0 Å². The quantitative estimate of drug-likeness (QED) is 0.834. The van der Waals surface area contributed by atoms with Gasteiger partial charge in [0.25, 0.3) is 0 Å². The molecule has 1 fully saturated rings. The highest BCUT2D eigenvalue weighted by Gasteiger charge is 2.44. The monoisotopic (exact) mass is 263 g/mol. The predicted molar refractivity (Wildman–Crippen MR) is 52.8 cm³/mol. The Morgan fingerprint density at radius 2 is 1.94 bits per heavy atom. The molecule has 0 amide bonds. The summed E-state index contributed by atoms with van der Waals surface area (Å²) in [6.07, 6.45) is -4.21. The third-order valence-electron chi connectivity index (χ3n) is 2.99. The van der Waals surface area contributed by atoms with E-state index in [-0.39, 0.29) is 12.8 Å². The van der Waals surface area contributed by atoms with E-state index in [1.807, 2.05) is 0 Å². The van der Waals surface area contributed by atoms with Gasteiger partial charge >= 0.3 is 12.1 Å². The smallest absolute Gasteiger partial charge is 0.433 e. The lowest BCUT2D eigenvalue weighted by molar-refractivity contribution is -0.141. The molecule has 0 aromatic carbocycles. The molecule has 3 nitrogen and oxygen atoms in total. The summed E-state index contributed by atoms with van der Waals surface area (Å²) in [5.41, 5.74) is -4.44. The fraction of sp³-hybridized carbons (Fsp3) is 0.455. The molecule has 1 aliphatic rings. The number of hydrogen-bond donors (Lipinski definition) is 1. The first kappa shape index (κ1) is 12.8. The van der Waals surface area contributed by atoms with Crippen molar-refractivity contribution in [2.75, 3.05) is 0 Å². The summed E-state index contributed by atoms with van der Waals surface area (Å²) >= 11 is 0. The van der Waals surface area contributed by atoms with Gasteiger partial charge in [0.15, 0.2) is 5.67 Å². The van der Waals surface area contributed by atoms with Gasteiger partial charge < -0.3 is 5.11 Å². The largest absolute Gasteiger partial charge is 0.478 e. The average Bonchev–Trinajstić information content (AvgIpc) is 2.23. The second-order valence-corrected chi connectivity index (χ2v) is 4.21. The fourth-order valence-electron chi connectivity index (χ4n) is 1.86. The first-order valence-electron chi connectivity index (χ1n) is 5.25. The molecule has 0 radical (unpaired) electrons. The SMILES string of the molecule is O=C(O)c1ccc(C(F)(F)F)nc1C1(F)CCC1. The Morgan fingerprint density at radius 3 is 2.33 bits per heavy atom. The molecule has 1 aromatic rings. The third kappa shape index (κ3) is 2.04. The van der Waals surface area contributed by atoms with E-state index in [2.05, 4.69) is 4.98 Å². The molecule has 1 aliphatic carbocycles. The summed E-state index contributed by atoms with van der Waals surface area (Å²) in [4.78, 5) is 14.1. The summed E-state index contributed by atoms with van der Waals surface area (Å²) in [5, 5.41) is 8.85. The zero-order valence-corrected chi connectivity index (χ0v) is 9.09. The molecule has 18 heavy (non-hydrogen) atoms. The third-order valence-corrected chi connectivity index (χ3v) is 2.99. The number of aromatic carboxylic acids is 1. The van der Waals surface area contributed by atoms with Gasteiger partial charge in [0.05, 0.1) is 11.3 Å². The first-order chi connectivity index (χ1) is 8.24. The molecular formula is C11H9F4NO2. The van der Waals surface area contributed by atoms with Crippen LogP contribution in [0.15, 0.2) is 12.1 Å². The number of halogens is 4. The van der Waals surface area contributed by atoms with E-state index in [1.165, 1.54) is 0 Å². The summed E-state index contributed by atoms with van der Waals surface area (Å²) in [6, 6.07) is 1.31. The fourth-order valence-corrected chi connectivity index (χ4v) is 1.86. The molecule has 1 N–H and O–H groups in total. The van der Waals surface area contributed by atoms with E-state index in [4.69, 9.17) is 5.11 Å². The van der Waals surface area contributed by atoms with Crippen LogP contribution < -0.4 is 0 Å². The van der Waals surface area contributed by atoms with Crippen LogP contribution in [-0.2, 0) is 11.8 Å². The summed E-state index contributed by atoms with van der Waals surface area (Å²) in [5.74, 6) is -1.48. The highest BCUT2D eigenvalue weighted by atomic mass is 19.4. The summed E-state index contributed by atoms with van der Waals surface area (Å²) in [7, 11) is 0. The molecule has 0 saturated heterocycles. The second kappa shape index (κ2) is 3.93. The van der Waals surface area contributed by atoms with E-state index in [1.54, 1.807) is 0 Å². The van der Waals surface area contributed by atoms with Gasteiger partial charge in [0.1, 0.15) is 5.69 Å². The van der Waals surface area contributed by atoms with Crippen LogP contribution >= 0.6 is 0 Å². The molecule has 7 heteroatoms. The van der Waals surface area contributed by atoms with Crippen molar-refractivity contribution in [3.63, 3.8) is 0 Å². The molecule has 0 bridgehead atoms. The maximum Gasteiger partial charge on any atom is 0.433 e. The maximum absolute atomic E-state index is 14.1. The Kier molecular flexibility index (Phi) is 2.79. The molecule has 0 atom stereocenters. The molecule has 0 spiro atoms. The van der Waals surface area contributed by atoms with Gasteiger partial charge in [-0.2, -0.15) is 13.2 Å².